The number of ether oxygens (including phenoxy) is 2. The van der Waals surface area contributed by atoms with Gasteiger partial charge in [0.1, 0.15) is 0 Å². The van der Waals surface area contributed by atoms with E-state index in [1.54, 1.807) is 19.2 Å². The van der Waals surface area contributed by atoms with E-state index < -0.39 is 0 Å². The van der Waals surface area contributed by atoms with Crippen LogP contribution >= 0.6 is 0 Å². The average Bonchev–Trinajstić information content (AvgIpc) is 2.46. The summed E-state index contributed by atoms with van der Waals surface area (Å²) in [6, 6.07) is 6.66. The predicted molar refractivity (Wildman–Crippen MR) is 77.0 cm³/mol. The smallest absolute Gasteiger partial charge is 0.269 e. The first-order valence-corrected chi connectivity index (χ1v) is 6.75. The van der Waals surface area contributed by atoms with E-state index in [0.29, 0.717) is 6.61 Å². The molecule has 112 valence electrons. The molecule has 20 heavy (non-hydrogen) atoms. The highest BCUT2D eigenvalue weighted by molar-refractivity contribution is 5.32. The lowest BCUT2D eigenvalue weighted by molar-refractivity contribution is -0.384. The maximum atomic E-state index is 10.5. The van der Waals surface area contributed by atoms with Crippen LogP contribution in [0.25, 0.3) is 0 Å². The summed E-state index contributed by atoms with van der Waals surface area (Å²) in [5.74, 6) is 0. The topological polar surface area (TPSA) is 73.6 Å². The first-order valence-electron chi connectivity index (χ1n) is 6.75. The van der Waals surface area contributed by atoms with Gasteiger partial charge >= 0.3 is 0 Å². The Hall–Kier alpha value is -1.50. The number of rotatable bonds is 11. The lowest BCUT2D eigenvalue weighted by Crippen LogP contribution is -2.22. The Kier molecular flexibility index (Phi) is 8.53. The minimum Gasteiger partial charge on any atom is -0.385 e. The van der Waals surface area contributed by atoms with Crippen molar-refractivity contribution in [1.29, 1.82) is 0 Å². The minimum absolute atomic E-state index is 0.131. The molecule has 0 aliphatic heterocycles. The molecule has 1 rings (SSSR count). The normalized spacial score (nSPS) is 10.7. The molecule has 6 heteroatoms. The van der Waals surface area contributed by atoms with Crippen LogP contribution in [-0.4, -0.2) is 44.9 Å². The third kappa shape index (κ3) is 7.18. The van der Waals surface area contributed by atoms with Gasteiger partial charge in [-0.1, -0.05) is 12.1 Å². The fourth-order valence-corrected chi connectivity index (χ4v) is 1.69. The van der Waals surface area contributed by atoms with Crippen LogP contribution < -0.4 is 5.32 Å². The summed E-state index contributed by atoms with van der Waals surface area (Å²) in [6.07, 6.45) is 1.76. The number of methoxy groups -OCH3 is 1. The van der Waals surface area contributed by atoms with Gasteiger partial charge in [-0.25, -0.2) is 0 Å². The highest BCUT2D eigenvalue weighted by Crippen LogP contribution is 2.11. The van der Waals surface area contributed by atoms with Gasteiger partial charge in [0, 0.05) is 39.0 Å². The van der Waals surface area contributed by atoms with E-state index in [0.717, 1.165) is 44.7 Å². The molecule has 1 aromatic carbocycles. The van der Waals surface area contributed by atoms with Gasteiger partial charge in [-0.2, -0.15) is 0 Å². The molecule has 0 amide bonds. The summed E-state index contributed by atoms with van der Waals surface area (Å²) >= 11 is 0. The summed E-state index contributed by atoms with van der Waals surface area (Å²) in [4.78, 5) is 10.1. The number of nitro groups is 1. The number of benzene rings is 1. The SMILES string of the molecule is COCCCOCCNCCc1ccc([N+](=O)[O-])cc1. The Morgan fingerprint density at radius 1 is 1.15 bits per heavy atom. The average molecular weight is 282 g/mol. The second-order valence-corrected chi connectivity index (χ2v) is 4.38. The van der Waals surface area contributed by atoms with E-state index in [1.807, 2.05) is 0 Å². The van der Waals surface area contributed by atoms with Crippen molar-refractivity contribution < 1.29 is 14.4 Å². The molecular weight excluding hydrogens is 260 g/mol. The lowest BCUT2D eigenvalue weighted by Gasteiger charge is -2.06. The van der Waals surface area contributed by atoms with E-state index in [4.69, 9.17) is 9.47 Å². The molecule has 0 aliphatic rings. The first-order chi connectivity index (χ1) is 9.74. The van der Waals surface area contributed by atoms with Gasteiger partial charge in [0.25, 0.3) is 5.69 Å². The summed E-state index contributed by atoms with van der Waals surface area (Å²) in [5.41, 5.74) is 1.22. The maximum absolute atomic E-state index is 10.5. The Balaban J connectivity index is 2.02. The third-order valence-electron chi connectivity index (χ3n) is 2.80. The van der Waals surface area contributed by atoms with Crippen LogP contribution in [0.5, 0.6) is 0 Å². The van der Waals surface area contributed by atoms with Crippen molar-refractivity contribution in [2.75, 3.05) is 40.0 Å². The zero-order valence-electron chi connectivity index (χ0n) is 11.8. The zero-order valence-corrected chi connectivity index (χ0v) is 11.8. The molecule has 0 fully saturated rings. The van der Waals surface area contributed by atoms with Gasteiger partial charge in [0.2, 0.25) is 0 Å². The van der Waals surface area contributed by atoms with Gasteiger partial charge in [-0.15, -0.1) is 0 Å². The van der Waals surface area contributed by atoms with E-state index >= 15 is 0 Å². The highest BCUT2D eigenvalue weighted by Gasteiger charge is 2.03. The van der Waals surface area contributed by atoms with Crippen LogP contribution in [0, 0.1) is 10.1 Å². The van der Waals surface area contributed by atoms with E-state index in [9.17, 15) is 10.1 Å². The van der Waals surface area contributed by atoms with Crippen LogP contribution in [0.2, 0.25) is 0 Å². The van der Waals surface area contributed by atoms with Crippen molar-refractivity contribution in [3.63, 3.8) is 0 Å². The molecule has 0 radical (unpaired) electrons. The number of non-ortho nitro benzene ring substituents is 1. The van der Waals surface area contributed by atoms with Crippen molar-refractivity contribution in [3.8, 4) is 0 Å². The number of hydrogen-bond acceptors (Lipinski definition) is 5. The Labute approximate surface area is 119 Å². The molecule has 0 bridgehead atoms. The van der Waals surface area contributed by atoms with Crippen molar-refractivity contribution in [2.45, 2.75) is 12.8 Å². The van der Waals surface area contributed by atoms with Crippen molar-refractivity contribution in [3.05, 3.63) is 39.9 Å². The van der Waals surface area contributed by atoms with Crippen molar-refractivity contribution in [1.82, 2.24) is 5.32 Å². The summed E-state index contributed by atoms with van der Waals surface area (Å²) < 4.78 is 10.3. The lowest BCUT2D eigenvalue weighted by atomic mass is 10.1. The van der Waals surface area contributed by atoms with E-state index in [2.05, 4.69) is 5.32 Å². The molecule has 1 aromatic rings. The van der Waals surface area contributed by atoms with Crippen LogP contribution in [0.15, 0.2) is 24.3 Å². The van der Waals surface area contributed by atoms with Crippen LogP contribution in [-0.2, 0) is 15.9 Å². The van der Waals surface area contributed by atoms with Gasteiger partial charge in [0.05, 0.1) is 11.5 Å². The second kappa shape index (κ2) is 10.3. The maximum Gasteiger partial charge on any atom is 0.269 e. The molecule has 1 N–H and O–H groups in total. The van der Waals surface area contributed by atoms with Crippen LogP contribution in [0.1, 0.15) is 12.0 Å². The Bertz CT molecular complexity index is 381. The van der Waals surface area contributed by atoms with Crippen LogP contribution in [0.3, 0.4) is 0 Å². The Morgan fingerprint density at radius 3 is 2.55 bits per heavy atom. The van der Waals surface area contributed by atoms with Gasteiger partial charge in [0.15, 0.2) is 0 Å². The van der Waals surface area contributed by atoms with Crippen LogP contribution in [0.4, 0.5) is 5.69 Å². The van der Waals surface area contributed by atoms with E-state index in [-0.39, 0.29) is 10.6 Å². The minimum atomic E-state index is -0.386. The van der Waals surface area contributed by atoms with Gasteiger partial charge in [-0.3, -0.25) is 10.1 Å². The fourth-order valence-electron chi connectivity index (χ4n) is 1.69. The van der Waals surface area contributed by atoms with Gasteiger partial charge < -0.3 is 14.8 Å². The summed E-state index contributed by atoms with van der Waals surface area (Å²) in [6.45, 7) is 3.77. The summed E-state index contributed by atoms with van der Waals surface area (Å²) in [7, 11) is 1.68. The molecule has 0 saturated heterocycles. The second-order valence-electron chi connectivity index (χ2n) is 4.38. The number of hydrogen-bond donors (Lipinski definition) is 1. The van der Waals surface area contributed by atoms with Crippen molar-refractivity contribution in [2.24, 2.45) is 0 Å². The predicted octanol–water partition coefficient (Wildman–Crippen LogP) is 1.78. The number of nitrogens with zero attached hydrogens (tertiary/aromatic N) is 1. The molecule has 0 heterocycles. The number of nitro benzene ring substituents is 1. The highest BCUT2D eigenvalue weighted by atomic mass is 16.6. The number of nitrogens with one attached hydrogen (secondary N) is 1. The zero-order chi connectivity index (χ0) is 14.6. The van der Waals surface area contributed by atoms with Gasteiger partial charge in [-0.05, 0) is 24.9 Å². The molecule has 0 aliphatic carbocycles. The molecule has 0 aromatic heterocycles. The molecule has 0 unspecified atom stereocenters. The standard InChI is InChI=1S/C14H22N2O4/c1-19-10-2-11-20-12-9-15-8-7-13-3-5-14(6-4-13)16(17)18/h3-6,15H,2,7-12H2,1H3. The monoisotopic (exact) mass is 282 g/mol. The largest absolute Gasteiger partial charge is 0.385 e. The first kappa shape index (κ1) is 16.6. The third-order valence-corrected chi connectivity index (χ3v) is 2.80. The molecule has 0 saturated carbocycles. The molecule has 6 nitrogen and oxygen atoms in total. The molecule has 0 atom stereocenters. The van der Waals surface area contributed by atoms with Crippen molar-refractivity contribution >= 4 is 5.69 Å². The summed E-state index contributed by atoms with van der Waals surface area (Å²) in [5, 5.41) is 13.8. The van der Waals surface area contributed by atoms with E-state index in [1.165, 1.54) is 12.1 Å². The molecular formula is C14H22N2O4. The fraction of sp³-hybridized carbons (Fsp3) is 0.571. The Morgan fingerprint density at radius 2 is 1.90 bits per heavy atom. The molecule has 0 spiro atoms. The quantitative estimate of drug-likeness (QED) is 0.380.